The molecule has 0 fully saturated rings. The fraction of sp³-hybridized carbons (Fsp3) is 0.273. The van der Waals surface area contributed by atoms with Gasteiger partial charge in [0.1, 0.15) is 12.1 Å². The Morgan fingerprint density at radius 2 is 1.64 bits per heavy atom. The summed E-state index contributed by atoms with van der Waals surface area (Å²) in [4.78, 5) is 41.4. The molecule has 0 saturated heterocycles. The number of halogens is 2. The number of carbonyl (C=O) groups is 3. The van der Waals surface area contributed by atoms with E-state index in [1.54, 1.807) is 18.2 Å². The highest BCUT2D eigenvalue weighted by Gasteiger charge is 2.26. The van der Waals surface area contributed by atoms with Gasteiger partial charge in [-0.1, -0.05) is 48.0 Å². The van der Waals surface area contributed by atoms with Crippen molar-refractivity contribution in [2.75, 3.05) is 6.54 Å². The summed E-state index contributed by atoms with van der Waals surface area (Å²) in [5.41, 5.74) is 17.3. The Labute approximate surface area is 203 Å². The quantitative estimate of drug-likeness (QED) is 0.135. The molecule has 0 bridgehead atoms. The van der Waals surface area contributed by atoms with Crippen molar-refractivity contribution in [2.24, 2.45) is 22.2 Å². The number of guanidine groups is 1. The molecule has 0 aromatic heterocycles. The first-order valence-electron chi connectivity index (χ1n) is 10.0. The van der Waals surface area contributed by atoms with Crippen LogP contribution in [0.4, 0.5) is 0 Å². The predicted octanol–water partition coefficient (Wildman–Crippen LogP) is -2.29. The van der Waals surface area contributed by atoms with Crippen LogP contribution in [0.25, 0.3) is 0 Å². The van der Waals surface area contributed by atoms with Crippen LogP contribution in [0.5, 0.6) is 0 Å². The van der Waals surface area contributed by atoms with Crippen LogP contribution < -0.4 is 40.2 Å². The molecular formula is C22H27Cl2N6O3-. The Bertz CT molecular complexity index is 968. The molecule has 0 aliphatic carbocycles. The first-order chi connectivity index (χ1) is 15.3. The van der Waals surface area contributed by atoms with E-state index in [0.717, 1.165) is 5.56 Å². The summed E-state index contributed by atoms with van der Waals surface area (Å²) in [6.45, 7) is 0.280. The second-order valence-corrected chi connectivity index (χ2v) is 7.57. The average Bonchev–Trinajstić information content (AvgIpc) is 2.75. The topological polar surface area (TPSA) is 166 Å². The molecule has 2 atom stereocenters. The van der Waals surface area contributed by atoms with Crippen molar-refractivity contribution in [3.05, 3.63) is 70.7 Å². The fourth-order valence-corrected chi connectivity index (χ4v) is 3.18. The Morgan fingerprint density at radius 1 is 0.939 bits per heavy atom. The molecule has 0 heterocycles. The summed E-state index contributed by atoms with van der Waals surface area (Å²) in [5, 5.41) is 5.72. The number of hydrogen-bond acceptors (Lipinski definition) is 4. The van der Waals surface area contributed by atoms with Crippen LogP contribution in [0, 0.1) is 0 Å². The number of amides is 3. The van der Waals surface area contributed by atoms with Crippen LogP contribution >= 0.6 is 11.6 Å². The van der Waals surface area contributed by atoms with E-state index >= 15 is 0 Å². The predicted molar refractivity (Wildman–Crippen MR) is 124 cm³/mol. The zero-order valence-electron chi connectivity index (χ0n) is 17.8. The highest BCUT2D eigenvalue weighted by molar-refractivity contribution is 6.31. The Hall–Kier alpha value is -3.30. The molecule has 0 saturated carbocycles. The summed E-state index contributed by atoms with van der Waals surface area (Å²) >= 11 is 5.95. The molecule has 0 aliphatic rings. The Kier molecular flexibility index (Phi) is 11.7. The third-order valence-electron chi connectivity index (χ3n) is 4.60. The number of benzene rings is 2. The van der Waals surface area contributed by atoms with E-state index in [1.807, 2.05) is 30.3 Å². The standard InChI is InChI=1S/C22H27ClN6O3.ClH/c23-16-9-4-8-15(13-16)20(31)28-17(10-5-11-27-22(25)26)21(32)29-18(19(24)30)12-14-6-2-1-3-7-14;/h1-4,6-9,13,17-18H,5,10-12H2,(H2,24,30)(H,28,31)(H,29,32)(H4,25,26,27);1H/p-1/t17-,18+;/m0./s1. The molecule has 0 radical (unpaired) electrons. The van der Waals surface area contributed by atoms with Crippen molar-refractivity contribution < 1.29 is 26.8 Å². The molecule has 3 amide bonds. The van der Waals surface area contributed by atoms with Crippen molar-refractivity contribution in [3.8, 4) is 0 Å². The van der Waals surface area contributed by atoms with Gasteiger partial charge >= 0.3 is 0 Å². The molecule has 33 heavy (non-hydrogen) atoms. The first-order valence-corrected chi connectivity index (χ1v) is 10.4. The van der Waals surface area contributed by atoms with Crippen molar-refractivity contribution in [2.45, 2.75) is 31.3 Å². The van der Waals surface area contributed by atoms with Gasteiger partial charge in [-0.05, 0) is 36.6 Å². The molecule has 8 N–H and O–H groups in total. The summed E-state index contributed by atoms with van der Waals surface area (Å²) < 4.78 is 0. The van der Waals surface area contributed by atoms with Gasteiger partial charge in [0.15, 0.2) is 5.96 Å². The maximum atomic E-state index is 13.0. The van der Waals surface area contributed by atoms with Crippen molar-refractivity contribution in [3.63, 3.8) is 0 Å². The van der Waals surface area contributed by atoms with Gasteiger partial charge in [0.25, 0.3) is 5.91 Å². The van der Waals surface area contributed by atoms with Crippen LogP contribution in [-0.4, -0.2) is 42.3 Å². The lowest BCUT2D eigenvalue weighted by atomic mass is 10.0. The van der Waals surface area contributed by atoms with E-state index in [2.05, 4.69) is 15.6 Å². The van der Waals surface area contributed by atoms with Gasteiger partial charge in [-0.15, -0.1) is 0 Å². The van der Waals surface area contributed by atoms with Gasteiger partial charge in [0.2, 0.25) is 11.8 Å². The monoisotopic (exact) mass is 493 g/mol. The normalized spacial score (nSPS) is 11.9. The number of carbonyl (C=O) groups excluding carboxylic acids is 3. The number of aliphatic imine (C=N–C) groups is 1. The first kappa shape index (κ1) is 27.7. The van der Waals surface area contributed by atoms with Gasteiger partial charge in [-0.3, -0.25) is 19.4 Å². The van der Waals surface area contributed by atoms with E-state index < -0.39 is 29.8 Å². The Morgan fingerprint density at radius 3 is 2.24 bits per heavy atom. The van der Waals surface area contributed by atoms with Crippen LogP contribution in [-0.2, 0) is 16.0 Å². The lowest BCUT2D eigenvalue weighted by Gasteiger charge is -2.22. The van der Waals surface area contributed by atoms with E-state index in [4.69, 9.17) is 28.8 Å². The highest BCUT2D eigenvalue weighted by atomic mass is 35.5. The molecular weight excluding hydrogens is 467 g/mol. The number of nitrogens with one attached hydrogen (secondary N) is 2. The molecule has 0 spiro atoms. The summed E-state index contributed by atoms with van der Waals surface area (Å²) in [7, 11) is 0. The van der Waals surface area contributed by atoms with E-state index in [-0.39, 0.29) is 37.8 Å². The van der Waals surface area contributed by atoms with E-state index in [1.165, 1.54) is 6.07 Å². The van der Waals surface area contributed by atoms with Gasteiger partial charge in [-0.2, -0.15) is 0 Å². The van der Waals surface area contributed by atoms with Crippen LogP contribution in [0.2, 0.25) is 5.02 Å². The van der Waals surface area contributed by atoms with Crippen molar-refractivity contribution in [1.82, 2.24) is 10.6 Å². The number of primary amides is 1. The van der Waals surface area contributed by atoms with E-state index in [9.17, 15) is 14.4 Å². The summed E-state index contributed by atoms with van der Waals surface area (Å²) in [6, 6.07) is 13.6. The minimum atomic E-state index is -0.937. The third kappa shape index (κ3) is 9.80. The summed E-state index contributed by atoms with van der Waals surface area (Å²) in [6.07, 6.45) is 0.891. The highest BCUT2D eigenvalue weighted by Crippen LogP contribution is 2.11. The zero-order valence-corrected chi connectivity index (χ0v) is 19.4. The molecule has 2 rings (SSSR count). The van der Waals surface area contributed by atoms with Crippen molar-refractivity contribution >= 4 is 35.3 Å². The lowest BCUT2D eigenvalue weighted by molar-refractivity contribution is -0.128. The number of nitrogens with zero attached hydrogens (tertiary/aromatic N) is 1. The van der Waals surface area contributed by atoms with Gasteiger partial charge in [0, 0.05) is 23.6 Å². The molecule has 2 aromatic rings. The van der Waals surface area contributed by atoms with Crippen LogP contribution in [0.15, 0.2) is 59.6 Å². The van der Waals surface area contributed by atoms with Crippen LogP contribution in [0.1, 0.15) is 28.8 Å². The van der Waals surface area contributed by atoms with Gasteiger partial charge in [-0.25, -0.2) is 0 Å². The average molecular weight is 494 g/mol. The SMILES string of the molecule is NC(=O)[C@@H](Cc1ccccc1)NC(=O)[C@H](CCCN=C(N)N)NC(=O)c1cccc(Cl)c1.[Cl-]. The molecule has 2 aromatic carbocycles. The van der Waals surface area contributed by atoms with Crippen molar-refractivity contribution in [1.29, 1.82) is 0 Å². The smallest absolute Gasteiger partial charge is 0.251 e. The fourth-order valence-electron chi connectivity index (χ4n) is 2.99. The van der Waals surface area contributed by atoms with E-state index in [0.29, 0.717) is 17.0 Å². The van der Waals surface area contributed by atoms with Crippen LogP contribution in [0.3, 0.4) is 0 Å². The number of hydrogen-bond donors (Lipinski definition) is 5. The molecule has 11 heteroatoms. The second kappa shape index (κ2) is 14.0. The molecule has 0 unspecified atom stereocenters. The largest absolute Gasteiger partial charge is 1.00 e. The number of rotatable bonds is 11. The number of nitrogens with two attached hydrogens (primary N) is 3. The maximum absolute atomic E-state index is 13.0. The lowest BCUT2D eigenvalue weighted by Crippen LogP contribution is -3.00. The minimum Gasteiger partial charge on any atom is -1.00 e. The third-order valence-corrected chi connectivity index (χ3v) is 4.83. The molecule has 178 valence electrons. The van der Waals surface area contributed by atoms with Gasteiger partial charge < -0.3 is 40.2 Å². The molecule has 0 aliphatic heterocycles. The minimum absolute atomic E-state index is 0. The van der Waals surface area contributed by atoms with Gasteiger partial charge in [0.05, 0.1) is 0 Å². The Balaban J connectivity index is 0.00000544. The zero-order chi connectivity index (χ0) is 23.5. The second-order valence-electron chi connectivity index (χ2n) is 7.14. The molecule has 9 nitrogen and oxygen atoms in total. The summed E-state index contributed by atoms with van der Waals surface area (Å²) in [5.74, 6) is -1.76. The maximum Gasteiger partial charge on any atom is 0.251 e.